The largest absolute Gasteiger partial charge is 0.444 e. The van der Waals surface area contributed by atoms with E-state index in [4.69, 9.17) is 10.5 Å². The molecule has 0 atom stereocenters. The Morgan fingerprint density at radius 2 is 2.09 bits per heavy atom. The molecule has 1 aromatic rings. The number of amides is 1. The Hall–Kier alpha value is -1.78. The molecule has 2 aliphatic heterocycles. The Bertz CT molecular complexity index is 677. The fourth-order valence-electron chi connectivity index (χ4n) is 3.21. The van der Waals surface area contributed by atoms with Gasteiger partial charge in [-0.2, -0.15) is 5.26 Å². The lowest BCUT2D eigenvalue weighted by molar-refractivity contribution is -0.0531. The molecular weight excluding hydrogens is 300 g/mol. The third-order valence-electron chi connectivity index (χ3n) is 4.25. The molecule has 0 aromatic carbocycles. The third-order valence-corrected chi connectivity index (χ3v) is 5.26. The van der Waals surface area contributed by atoms with Crippen LogP contribution in [0.15, 0.2) is 0 Å². The molecule has 0 radical (unpaired) electrons. The van der Waals surface area contributed by atoms with Gasteiger partial charge in [0, 0.05) is 30.1 Å². The average molecular weight is 320 g/mol. The van der Waals surface area contributed by atoms with Gasteiger partial charge in [-0.3, -0.25) is 4.90 Å². The molecule has 6 nitrogen and oxygen atoms in total. The number of carbonyl (C=O) groups is 1. The van der Waals surface area contributed by atoms with Gasteiger partial charge >= 0.3 is 6.09 Å². The standard InChI is InChI=1S/C15H20N4O2S/c1-14(2,3)21-13(20)19-7-15(8-19)11-9(5-16)12(17)22-10(11)6-18(15)4/h6-8,17H2,1-4H3. The number of nitrogens with two attached hydrogens (primary N) is 1. The second-order valence-corrected chi connectivity index (χ2v) is 8.11. The summed E-state index contributed by atoms with van der Waals surface area (Å²) in [5.41, 5.74) is 6.76. The second-order valence-electron chi connectivity index (χ2n) is 6.98. The molecule has 2 N–H and O–H groups in total. The first kappa shape index (κ1) is 15.1. The molecule has 3 heterocycles. The number of hydrogen-bond donors (Lipinski definition) is 1. The quantitative estimate of drug-likeness (QED) is 0.791. The van der Waals surface area contributed by atoms with Crippen molar-refractivity contribution in [3.05, 3.63) is 16.0 Å². The van der Waals surface area contributed by atoms with Gasteiger partial charge in [-0.25, -0.2) is 4.79 Å². The summed E-state index contributed by atoms with van der Waals surface area (Å²) in [4.78, 5) is 17.2. The van der Waals surface area contributed by atoms with Gasteiger partial charge in [0.1, 0.15) is 16.7 Å². The number of nitrogen functional groups attached to an aromatic ring is 1. The van der Waals surface area contributed by atoms with Crippen LogP contribution in [0, 0.1) is 11.3 Å². The molecule has 1 fully saturated rings. The first-order chi connectivity index (χ1) is 10.2. The monoisotopic (exact) mass is 320 g/mol. The van der Waals surface area contributed by atoms with Crippen LogP contribution in [0.5, 0.6) is 0 Å². The van der Waals surface area contributed by atoms with Gasteiger partial charge in [0.25, 0.3) is 0 Å². The van der Waals surface area contributed by atoms with Gasteiger partial charge in [-0.15, -0.1) is 11.3 Å². The van der Waals surface area contributed by atoms with Crippen molar-refractivity contribution in [1.82, 2.24) is 9.80 Å². The summed E-state index contributed by atoms with van der Waals surface area (Å²) in [7, 11) is 2.02. The van der Waals surface area contributed by atoms with Crippen molar-refractivity contribution >= 4 is 22.4 Å². The minimum atomic E-state index is -0.503. The van der Waals surface area contributed by atoms with Crippen molar-refractivity contribution in [2.75, 3.05) is 25.9 Å². The Morgan fingerprint density at radius 3 is 2.64 bits per heavy atom. The lowest BCUT2D eigenvalue weighted by atomic mass is 9.82. The van der Waals surface area contributed by atoms with Crippen LogP contribution in [0.3, 0.4) is 0 Å². The van der Waals surface area contributed by atoms with Crippen LogP contribution >= 0.6 is 11.3 Å². The second kappa shape index (κ2) is 4.61. The molecule has 7 heteroatoms. The minimum absolute atomic E-state index is 0.286. The summed E-state index contributed by atoms with van der Waals surface area (Å²) in [5, 5.41) is 9.97. The molecule has 2 aliphatic rings. The third kappa shape index (κ3) is 2.06. The predicted octanol–water partition coefficient (Wildman–Crippen LogP) is 2.09. The Kier molecular flexibility index (Phi) is 3.17. The highest BCUT2D eigenvalue weighted by Gasteiger charge is 2.56. The van der Waals surface area contributed by atoms with Gasteiger partial charge in [-0.1, -0.05) is 0 Å². The Morgan fingerprint density at radius 1 is 1.45 bits per heavy atom. The Labute approximate surface area is 134 Å². The van der Waals surface area contributed by atoms with Crippen molar-refractivity contribution in [3.8, 4) is 6.07 Å². The molecule has 0 saturated carbocycles. The van der Waals surface area contributed by atoms with Gasteiger partial charge in [0.05, 0.1) is 11.1 Å². The summed E-state index contributed by atoms with van der Waals surface area (Å²) in [6, 6.07) is 2.23. The zero-order valence-corrected chi connectivity index (χ0v) is 14.1. The first-order valence-corrected chi connectivity index (χ1v) is 8.00. The van der Waals surface area contributed by atoms with Crippen molar-refractivity contribution in [2.45, 2.75) is 38.5 Å². The number of rotatable bonds is 0. The highest BCUT2D eigenvalue weighted by atomic mass is 32.1. The number of fused-ring (bicyclic) bond motifs is 2. The fourth-order valence-corrected chi connectivity index (χ4v) is 4.38. The van der Waals surface area contributed by atoms with Crippen molar-refractivity contribution in [2.24, 2.45) is 0 Å². The van der Waals surface area contributed by atoms with E-state index in [1.807, 2.05) is 27.8 Å². The highest BCUT2D eigenvalue weighted by Crippen LogP contribution is 2.51. The lowest BCUT2D eigenvalue weighted by Gasteiger charge is -2.51. The molecular formula is C15H20N4O2S. The van der Waals surface area contributed by atoms with Crippen LogP contribution in [-0.4, -0.2) is 41.6 Å². The molecule has 22 heavy (non-hydrogen) atoms. The molecule has 1 amide bonds. The topological polar surface area (TPSA) is 82.6 Å². The lowest BCUT2D eigenvalue weighted by Crippen LogP contribution is -2.66. The number of nitrogens with zero attached hydrogens (tertiary/aromatic N) is 3. The van der Waals surface area contributed by atoms with E-state index in [2.05, 4.69) is 11.0 Å². The Balaban J connectivity index is 1.84. The number of ether oxygens (including phenoxy) is 1. The zero-order valence-electron chi connectivity index (χ0n) is 13.3. The average Bonchev–Trinajstić information content (AvgIpc) is 2.75. The number of anilines is 1. The molecule has 1 saturated heterocycles. The smallest absolute Gasteiger partial charge is 0.410 e. The number of likely N-dealkylation sites (N-methyl/N-ethyl adjacent to an activating group) is 1. The van der Waals surface area contributed by atoms with Gasteiger partial charge in [0.2, 0.25) is 0 Å². The summed E-state index contributed by atoms with van der Waals surface area (Å²) in [6.45, 7) is 7.41. The van der Waals surface area contributed by atoms with E-state index in [1.165, 1.54) is 11.3 Å². The fraction of sp³-hybridized carbons (Fsp3) is 0.600. The SMILES string of the molecule is CN1Cc2sc(N)c(C#N)c2C12CN(C(=O)OC(C)(C)C)C2. The number of likely N-dealkylation sites (tertiary alicyclic amines) is 1. The predicted molar refractivity (Wildman–Crippen MR) is 84.4 cm³/mol. The summed E-state index contributed by atoms with van der Waals surface area (Å²) in [6.07, 6.45) is -0.304. The van der Waals surface area contributed by atoms with Crippen LogP contribution in [-0.2, 0) is 16.8 Å². The van der Waals surface area contributed by atoms with E-state index in [0.29, 0.717) is 23.7 Å². The molecule has 3 rings (SSSR count). The van der Waals surface area contributed by atoms with Gasteiger partial charge < -0.3 is 15.4 Å². The summed E-state index contributed by atoms with van der Waals surface area (Å²) in [5.74, 6) is 0. The summed E-state index contributed by atoms with van der Waals surface area (Å²) >= 11 is 1.48. The summed E-state index contributed by atoms with van der Waals surface area (Å²) < 4.78 is 5.41. The highest BCUT2D eigenvalue weighted by molar-refractivity contribution is 7.16. The maximum absolute atomic E-state index is 12.2. The zero-order chi connectivity index (χ0) is 16.3. The van der Waals surface area contributed by atoms with Crippen LogP contribution in [0.1, 0.15) is 36.8 Å². The van der Waals surface area contributed by atoms with Crippen LogP contribution in [0.2, 0.25) is 0 Å². The molecule has 118 valence electrons. The first-order valence-electron chi connectivity index (χ1n) is 7.19. The van der Waals surface area contributed by atoms with Gasteiger partial charge in [-0.05, 0) is 27.8 Å². The number of thiophene rings is 1. The minimum Gasteiger partial charge on any atom is -0.444 e. The van der Waals surface area contributed by atoms with E-state index in [9.17, 15) is 10.1 Å². The maximum atomic E-state index is 12.2. The molecule has 0 unspecified atom stereocenters. The van der Waals surface area contributed by atoms with E-state index in [1.54, 1.807) is 4.90 Å². The van der Waals surface area contributed by atoms with E-state index >= 15 is 0 Å². The number of nitriles is 1. The van der Waals surface area contributed by atoms with E-state index < -0.39 is 5.60 Å². The van der Waals surface area contributed by atoms with Crippen molar-refractivity contribution in [1.29, 1.82) is 5.26 Å². The van der Waals surface area contributed by atoms with Crippen LogP contribution < -0.4 is 5.73 Å². The maximum Gasteiger partial charge on any atom is 0.410 e. The van der Waals surface area contributed by atoms with E-state index in [-0.39, 0.29) is 11.6 Å². The molecule has 1 spiro atoms. The molecule has 1 aromatic heterocycles. The van der Waals surface area contributed by atoms with Crippen molar-refractivity contribution < 1.29 is 9.53 Å². The van der Waals surface area contributed by atoms with Crippen LogP contribution in [0.4, 0.5) is 9.80 Å². The number of carbonyl (C=O) groups excluding carboxylic acids is 1. The molecule has 0 bridgehead atoms. The molecule has 0 aliphatic carbocycles. The van der Waals surface area contributed by atoms with Crippen LogP contribution in [0.25, 0.3) is 0 Å². The van der Waals surface area contributed by atoms with Gasteiger partial charge in [0.15, 0.2) is 0 Å². The van der Waals surface area contributed by atoms with Crippen molar-refractivity contribution in [3.63, 3.8) is 0 Å². The normalized spacial score (nSPS) is 19.7. The number of hydrogen-bond acceptors (Lipinski definition) is 6. The van der Waals surface area contributed by atoms with E-state index in [0.717, 1.165) is 17.0 Å².